The van der Waals surface area contributed by atoms with Crippen molar-refractivity contribution in [3.8, 4) is 5.75 Å². The number of alkyl halides is 4. The summed E-state index contributed by atoms with van der Waals surface area (Å²) in [6.45, 7) is 0. The highest BCUT2D eigenvalue weighted by atomic mass is 79.9. The SMILES string of the molecule is Nc1cc(F)c(OC(F)(F)F)c(CBr)c1. The third kappa shape index (κ3) is 3.26. The lowest BCUT2D eigenvalue weighted by Crippen LogP contribution is -2.19. The van der Waals surface area contributed by atoms with Crippen LogP contribution in [0.15, 0.2) is 12.1 Å². The Balaban J connectivity index is 3.15. The summed E-state index contributed by atoms with van der Waals surface area (Å²) in [5.41, 5.74) is 5.31. The number of rotatable bonds is 2. The van der Waals surface area contributed by atoms with Gasteiger partial charge in [0.15, 0.2) is 11.6 Å². The molecule has 0 amide bonds. The quantitative estimate of drug-likeness (QED) is 0.515. The minimum absolute atomic E-state index is 0.00447. The molecule has 0 saturated heterocycles. The normalized spacial score (nSPS) is 11.5. The topological polar surface area (TPSA) is 35.2 Å². The van der Waals surface area contributed by atoms with Crippen LogP contribution in [0.1, 0.15) is 5.56 Å². The van der Waals surface area contributed by atoms with E-state index in [0.29, 0.717) is 0 Å². The summed E-state index contributed by atoms with van der Waals surface area (Å²) < 4.78 is 52.4. The Morgan fingerprint density at radius 2 is 1.93 bits per heavy atom. The van der Waals surface area contributed by atoms with Gasteiger partial charge in [0.2, 0.25) is 0 Å². The first-order chi connectivity index (χ1) is 6.83. The van der Waals surface area contributed by atoms with Gasteiger partial charge in [-0.2, -0.15) is 0 Å². The van der Waals surface area contributed by atoms with Crippen LogP contribution in [-0.4, -0.2) is 6.36 Å². The lowest BCUT2D eigenvalue weighted by molar-refractivity contribution is -0.275. The van der Waals surface area contributed by atoms with Crippen molar-refractivity contribution in [1.29, 1.82) is 0 Å². The molecule has 2 N–H and O–H groups in total. The van der Waals surface area contributed by atoms with E-state index in [2.05, 4.69) is 20.7 Å². The molecule has 0 aliphatic carbocycles. The van der Waals surface area contributed by atoms with Crippen molar-refractivity contribution in [2.24, 2.45) is 0 Å². The molecule has 0 aromatic heterocycles. The van der Waals surface area contributed by atoms with Crippen LogP contribution in [-0.2, 0) is 5.33 Å². The van der Waals surface area contributed by atoms with Gasteiger partial charge in [-0.3, -0.25) is 0 Å². The lowest BCUT2D eigenvalue weighted by Gasteiger charge is -2.13. The van der Waals surface area contributed by atoms with Gasteiger partial charge in [0.25, 0.3) is 0 Å². The molecule has 0 heterocycles. The fraction of sp³-hybridized carbons (Fsp3) is 0.250. The lowest BCUT2D eigenvalue weighted by atomic mass is 10.2. The Kier molecular flexibility index (Phi) is 3.43. The molecule has 0 aliphatic heterocycles. The molecule has 0 fully saturated rings. The molecular formula is C8H6BrF4NO. The summed E-state index contributed by atoms with van der Waals surface area (Å²) in [4.78, 5) is 0. The maximum atomic E-state index is 13.1. The zero-order chi connectivity index (χ0) is 11.6. The maximum Gasteiger partial charge on any atom is 0.573 e. The van der Waals surface area contributed by atoms with Crippen LogP contribution in [0.2, 0.25) is 0 Å². The Labute approximate surface area is 91.1 Å². The third-order valence-corrected chi connectivity index (χ3v) is 2.11. The van der Waals surface area contributed by atoms with Crippen molar-refractivity contribution < 1.29 is 22.3 Å². The van der Waals surface area contributed by atoms with E-state index in [1.54, 1.807) is 0 Å². The smallest absolute Gasteiger partial charge is 0.402 e. The standard InChI is InChI=1S/C8H6BrF4NO/c9-3-4-1-5(14)2-6(10)7(4)15-8(11,12)13/h1-2H,3,14H2. The molecule has 0 bridgehead atoms. The van der Waals surface area contributed by atoms with Crippen molar-refractivity contribution in [3.63, 3.8) is 0 Å². The predicted octanol–water partition coefficient (Wildman–Crippen LogP) is 3.20. The number of hydrogen-bond acceptors (Lipinski definition) is 2. The largest absolute Gasteiger partial charge is 0.573 e. The maximum absolute atomic E-state index is 13.1. The number of nitrogens with two attached hydrogens (primary N) is 1. The van der Waals surface area contributed by atoms with Gasteiger partial charge in [-0.15, -0.1) is 13.2 Å². The minimum Gasteiger partial charge on any atom is -0.402 e. The van der Waals surface area contributed by atoms with Gasteiger partial charge in [0.05, 0.1) is 0 Å². The number of ether oxygens (including phenoxy) is 1. The molecule has 0 saturated carbocycles. The van der Waals surface area contributed by atoms with Gasteiger partial charge in [0, 0.05) is 22.6 Å². The number of halogens is 5. The third-order valence-electron chi connectivity index (χ3n) is 1.50. The van der Waals surface area contributed by atoms with Crippen LogP contribution < -0.4 is 10.5 Å². The summed E-state index contributed by atoms with van der Waals surface area (Å²) in [6.07, 6.45) is -4.92. The molecule has 1 aromatic rings. The monoisotopic (exact) mass is 287 g/mol. The highest BCUT2D eigenvalue weighted by molar-refractivity contribution is 9.08. The van der Waals surface area contributed by atoms with E-state index in [0.717, 1.165) is 6.07 Å². The van der Waals surface area contributed by atoms with Crippen LogP contribution in [0.25, 0.3) is 0 Å². The van der Waals surface area contributed by atoms with Crippen molar-refractivity contribution >= 4 is 21.6 Å². The van der Waals surface area contributed by atoms with Crippen molar-refractivity contribution in [3.05, 3.63) is 23.5 Å². The first-order valence-corrected chi connectivity index (χ1v) is 4.85. The second kappa shape index (κ2) is 4.26. The first-order valence-electron chi connectivity index (χ1n) is 3.73. The van der Waals surface area contributed by atoms with Gasteiger partial charge < -0.3 is 10.5 Å². The van der Waals surface area contributed by atoms with Crippen LogP contribution in [0.3, 0.4) is 0 Å². The van der Waals surface area contributed by atoms with E-state index in [9.17, 15) is 17.6 Å². The zero-order valence-electron chi connectivity index (χ0n) is 7.24. The van der Waals surface area contributed by atoms with Crippen LogP contribution >= 0.6 is 15.9 Å². The fourth-order valence-electron chi connectivity index (χ4n) is 1.00. The van der Waals surface area contributed by atoms with E-state index in [1.807, 2.05) is 0 Å². The van der Waals surface area contributed by atoms with Crippen molar-refractivity contribution in [2.75, 3.05) is 5.73 Å². The zero-order valence-corrected chi connectivity index (χ0v) is 8.82. The van der Waals surface area contributed by atoms with Gasteiger partial charge in [-0.25, -0.2) is 4.39 Å². The van der Waals surface area contributed by atoms with Gasteiger partial charge >= 0.3 is 6.36 Å². The molecule has 15 heavy (non-hydrogen) atoms. The van der Waals surface area contributed by atoms with Gasteiger partial charge in [0.1, 0.15) is 0 Å². The summed E-state index contributed by atoms with van der Waals surface area (Å²) in [6, 6.07) is 1.98. The van der Waals surface area contributed by atoms with Crippen molar-refractivity contribution in [2.45, 2.75) is 11.7 Å². The highest BCUT2D eigenvalue weighted by Crippen LogP contribution is 2.32. The second-order valence-electron chi connectivity index (χ2n) is 2.67. The van der Waals surface area contributed by atoms with E-state index in [1.165, 1.54) is 6.07 Å². The van der Waals surface area contributed by atoms with Gasteiger partial charge in [-0.05, 0) is 6.07 Å². The average molecular weight is 288 g/mol. The van der Waals surface area contributed by atoms with E-state index in [4.69, 9.17) is 5.73 Å². The predicted molar refractivity (Wildman–Crippen MR) is 50.1 cm³/mol. The second-order valence-corrected chi connectivity index (χ2v) is 3.23. The number of nitrogen functional groups attached to an aromatic ring is 1. The van der Waals surface area contributed by atoms with Crippen LogP contribution in [0, 0.1) is 5.82 Å². The molecule has 0 radical (unpaired) electrons. The Hall–Kier alpha value is -0.980. The van der Waals surface area contributed by atoms with Crippen LogP contribution in [0.4, 0.5) is 23.2 Å². The molecule has 0 unspecified atom stereocenters. The molecule has 0 atom stereocenters. The number of benzene rings is 1. The highest BCUT2D eigenvalue weighted by Gasteiger charge is 2.33. The fourth-order valence-corrected chi connectivity index (χ4v) is 1.42. The molecule has 7 heteroatoms. The van der Waals surface area contributed by atoms with Crippen LogP contribution in [0.5, 0.6) is 5.75 Å². The Morgan fingerprint density at radius 3 is 2.40 bits per heavy atom. The summed E-state index contributed by atoms with van der Waals surface area (Å²) in [7, 11) is 0. The molecule has 84 valence electrons. The molecule has 2 nitrogen and oxygen atoms in total. The van der Waals surface area contributed by atoms with Gasteiger partial charge in [-0.1, -0.05) is 15.9 Å². The van der Waals surface area contributed by atoms with E-state index in [-0.39, 0.29) is 16.6 Å². The Bertz CT molecular complexity index is 366. The molecule has 0 spiro atoms. The summed E-state index contributed by atoms with van der Waals surface area (Å²) in [5.74, 6) is -1.99. The van der Waals surface area contributed by atoms with E-state index >= 15 is 0 Å². The molecule has 0 aliphatic rings. The minimum atomic E-state index is -4.92. The first kappa shape index (κ1) is 12.1. The molecule has 1 aromatic carbocycles. The van der Waals surface area contributed by atoms with E-state index < -0.39 is 17.9 Å². The molecule has 1 rings (SSSR count). The average Bonchev–Trinajstić information content (AvgIpc) is 2.07. The summed E-state index contributed by atoms with van der Waals surface area (Å²) >= 11 is 2.91. The van der Waals surface area contributed by atoms with Crippen molar-refractivity contribution in [1.82, 2.24) is 0 Å². The molecular weight excluding hydrogens is 282 g/mol. The number of hydrogen-bond donors (Lipinski definition) is 1. The Morgan fingerprint density at radius 1 is 1.33 bits per heavy atom. The summed E-state index contributed by atoms with van der Waals surface area (Å²) in [5, 5.41) is 0.0143. The number of anilines is 1.